The third-order valence-corrected chi connectivity index (χ3v) is 6.02. The molecule has 2 unspecified atom stereocenters. The molecule has 0 spiro atoms. The van der Waals surface area contributed by atoms with E-state index in [2.05, 4.69) is 25.2 Å². The second kappa shape index (κ2) is 7.72. The van der Waals surface area contributed by atoms with Crippen LogP contribution in [0.1, 0.15) is 18.3 Å². The second-order valence-corrected chi connectivity index (χ2v) is 8.37. The topological polar surface area (TPSA) is 76.1 Å². The van der Waals surface area contributed by atoms with Crippen LogP contribution < -0.4 is 10.2 Å². The Morgan fingerprint density at radius 2 is 1.81 bits per heavy atom. The first-order chi connectivity index (χ1) is 14.9. The minimum atomic E-state index is -0.695. The molecule has 2 atom stereocenters. The minimum absolute atomic E-state index is 0.00972. The van der Waals surface area contributed by atoms with Gasteiger partial charge in [-0.2, -0.15) is 4.98 Å². The molecule has 0 saturated carbocycles. The van der Waals surface area contributed by atoms with E-state index in [0.717, 1.165) is 24.8 Å². The van der Waals surface area contributed by atoms with Crippen LogP contribution in [-0.2, 0) is 4.74 Å². The van der Waals surface area contributed by atoms with Gasteiger partial charge in [0.25, 0.3) is 0 Å². The Bertz CT molecular complexity index is 1150. The molecular formula is C22H24F2N6O. The maximum Gasteiger partial charge on any atom is 0.228 e. The monoisotopic (exact) mass is 426 g/mol. The highest BCUT2D eigenvalue weighted by molar-refractivity contribution is 5.88. The first-order valence-electron chi connectivity index (χ1n) is 10.5. The molecule has 1 N–H and O–H groups in total. The number of nitrogens with zero attached hydrogens (tertiary/aromatic N) is 5. The molecule has 3 aromatic rings. The van der Waals surface area contributed by atoms with Gasteiger partial charge in [0, 0.05) is 43.7 Å². The predicted molar refractivity (Wildman–Crippen MR) is 113 cm³/mol. The largest absolute Gasteiger partial charge is 0.371 e. The number of hydrogen-bond acceptors (Lipinski definition) is 7. The smallest absolute Gasteiger partial charge is 0.228 e. The number of nitrogens with one attached hydrogen (secondary N) is 1. The van der Waals surface area contributed by atoms with Crippen LogP contribution in [0.2, 0.25) is 0 Å². The molecule has 1 aromatic carbocycles. The van der Waals surface area contributed by atoms with Gasteiger partial charge >= 0.3 is 0 Å². The number of aromatic nitrogens is 4. The van der Waals surface area contributed by atoms with Gasteiger partial charge in [-0.25, -0.2) is 23.7 Å². The summed E-state index contributed by atoms with van der Waals surface area (Å²) in [6.07, 6.45) is 0.0802. The summed E-state index contributed by atoms with van der Waals surface area (Å²) >= 11 is 0. The van der Waals surface area contributed by atoms with Crippen LogP contribution in [-0.4, -0.2) is 58.3 Å². The average molecular weight is 426 g/mol. The second-order valence-electron chi connectivity index (χ2n) is 8.37. The minimum Gasteiger partial charge on any atom is -0.371 e. The Morgan fingerprint density at radius 3 is 2.52 bits per heavy atom. The average Bonchev–Trinajstić information content (AvgIpc) is 2.67. The lowest BCUT2D eigenvalue weighted by molar-refractivity contribution is -0.0580. The van der Waals surface area contributed by atoms with Crippen molar-refractivity contribution in [2.24, 2.45) is 5.92 Å². The standard InChI is InChI=1S/C22H24F2N6O/c1-11-9-30(10-18(31-11)14-7-25-8-14)22-28-19(16-5-4-15(23)6-17(16)24)20-21(29-22)27-13(3)12(2)26-20/h4-6,11,14,18,25H,7-10H2,1-3H3. The third-order valence-electron chi connectivity index (χ3n) is 6.02. The number of aryl methyl sites for hydroxylation is 2. The van der Waals surface area contributed by atoms with Crippen molar-refractivity contribution < 1.29 is 13.5 Å². The van der Waals surface area contributed by atoms with Crippen molar-refractivity contribution in [1.29, 1.82) is 0 Å². The molecule has 9 heteroatoms. The van der Waals surface area contributed by atoms with Crippen molar-refractivity contribution in [3.05, 3.63) is 41.2 Å². The van der Waals surface area contributed by atoms with Gasteiger partial charge in [0.2, 0.25) is 5.95 Å². The van der Waals surface area contributed by atoms with Crippen molar-refractivity contribution in [2.75, 3.05) is 31.1 Å². The molecule has 5 rings (SSSR count). The van der Waals surface area contributed by atoms with Crippen LogP contribution in [0.25, 0.3) is 22.4 Å². The van der Waals surface area contributed by atoms with Gasteiger partial charge in [0.05, 0.1) is 23.6 Å². The van der Waals surface area contributed by atoms with E-state index in [0.29, 0.717) is 47.5 Å². The highest BCUT2D eigenvalue weighted by atomic mass is 19.1. The number of rotatable bonds is 3. The first kappa shape index (κ1) is 20.1. The van der Waals surface area contributed by atoms with Crippen molar-refractivity contribution in [1.82, 2.24) is 25.3 Å². The third kappa shape index (κ3) is 3.72. The van der Waals surface area contributed by atoms with E-state index >= 15 is 0 Å². The molecule has 7 nitrogen and oxygen atoms in total. The molecule has 31 heavy (non-hydrogen) atoms. The summed E-state index contributed by atoms with van der Waals surface area (Å²) in [5, 5.41) is 3.28. The first-order valence-corrected chi connectivity index (χ1v) is 10.5. The van der Waals surface area contributed by atoms with E-state index < -0.39 is 11.6 Å². The van der Waals surface area contributed by atoms with E-state index in [1.54, 1.807) is 0 Å². The lowest BCUT2D eigenvalue weighted by Gasteiger charge is -2.43. The van der Waals surface area contributed by atoms with Gasteiger partial charge in [-0.15, -0.1) is 0 Å². The van der Waals surface area contributed by atoms with Crippen LogP contribution in [0.4, 0.5) is 14.7 Å². The molecule has 2 aliphatic heterocycles. The van der Waals surface area contributed by atoms with Crippen molar-refractivity contribution in [3.63, 3.8) is 0 Å². The maximum absolute atomic E-state index is 14.7. The molecule has 2 aromatic heterocycles. The Morgan fingerprint density at radius 1 is 1.03 bits per heavy atom. The molecule has 0 radical (unpaired) electrons. The molecule has 2 aliphatic rings. The maximum atomic E-state index is 14.7. The van der Waals surface area contributed by atoms with Crippen LogP contribution >= 0.6 is 0 Å². The lowest BCUT2D eigenvalue weighted by atomic mass is 9.94. The quantitative estimate of drug-likeness (QED) is 0.690. The van der Waals surface area contributed by atoms with Crippen molar-refractivity contribution >= 4 is 17.1 Å². The number of halogens is 2. The Hall–Kier alpha value is -2.78. The summed E-state index contributed by atoms with van der Waals surface area (Å²) in [6.45, 7) is 8.84. The van der Waals surface area contributed by atoms with Crippen LogP contribution in [0.3, 0.4) is 0 Å². The highest BCUT2D eigenvalue weighted by Gasteiger charge is 2.35. The van der Waals surface area contributed by atoms with Crippen LogP contribution in [0, 0.1) is 31.4 Å². The molecule has 0 bridgehead atoms. The van der Waals surface area contributed by atoms with E-state index in [1.165, 1.54) is 12.1 Å². The zero-order valence-corrected chi connectivity index (χ0v) is 17.7. The van der Waals surface area contributed by atoms with Gasteiger partial charge in [-0.3, -0.25) is 0 Å². The van der Waals surface area contributed by atoms with E-state index in [9.17, 15) is 8.78 Å². The summed E-state index contributed by atoms with van der Waals surface area (Å²) < 4.78 is 34.4. The van der Waals surface area contributed by atoms with Gasteiger partial charge in [0.1, 0.15) is 22.8 Å². The fourth-order valence-corrected chi connectivity index (χ4v) is 4.10. The summed E-state index contributed by atoms with van der Waals surface area (Å²) in [7, 11) is 0. The summed E-state index contributed by atoms with van der Waals surface area (Å²) in [5.74, 6) is -0.433. The molecule has 0 aliphatic carbocycles. The fourth-order valence-electron chi connectivity index (χ4n) is 4.10. The number of hydrogen-bond donors (Lipinski definition) is 1. The highest BCUT2D eigenvalue weighted by Crippen LogP contribution is 2.31. The summed E-state index contributed by atoms with van der Waals surface area (Å²) in [6, 6.07) is 3.46. The Balaban J connectivity index is 1.64. The van der Waals surface area contributed by atoms with Gasteiger partial charge in [-0.1, -0.05) is 0 Å². The fraction of sp³-hybridized carbons (Fsp3) is 0.455. The normalized spacial score (nSPS) is 22.0. The van der Waals surface area contributed by atoms with E-state index in [1.807, 2.05) is 20.8 Å². The molecule has 2 fully saturated rings. The zero-order valence-electron chi connectivity index (χ0n) is 17.7. The summed E-state index contributed by atoms with van der Waals surface area (Å²) in [5.41, 5.74) is 2.75. The lowest BCUT2D eigenvalue weighted by Crippen LogP contribution is -2.57. The molecular weight excluding hydrogens is 402 g/mol. The molecule has 4 heterocycles. The molecule has 0 amide bonds. The van der Waals surface area contributed by atoms with Crippen LogP contribution in [0.15, 0.2) is 18.2 Å². The molecule has 162 valence electrons. The van der Waals surface area contributed by atoms with Crippen LogP contribution in [0.5, 0.6) is 0 Å². The van der Waals surface area contributed by atoms with Crippen molar-refractivity contribution in [2.45, 2.75) is 33.0 Å². The van der Waals surface area contributed by atoms with E-state index in [-0.39, 0.29) is 17.8 Å². The number of ether oxygens (including phenoxy) is 1. The molecule has 2 saturated heterocycles. The zero-order chi connectivity index (χ0) is 21.7. The Kier molecular flexibility index (Phi) is 5.02. The number of fused-ring (bicyclic) bond motifs is 1. The Labute approximate surface area is 178 Å². The predicted octanol–water partition coefficient (Wildman–Crippen LogP) is 2.79. The van der Waals surface area contributed by atoms with E-state index in [4.69, 9.17) is 9.72 Å². The SMILES string of the molecule is Cc1nc2nc(N3CC(C)OC(C4CNC4)C3)nc(-c3ccc(F)cc3F)c2nc1C. The van der Waals surface area contributed by atoms with Gasteiger partial charge < -0.3 is 15.0 Å². The number of morpholine rings is 1. The van der Waals surface area contributed by atoms with Crippen molar-refractivity contribution in [3.8, 4) is 11.3 Å². The van der Waals surface area contributed by atoms with Gasteiger partial charge in [-0.05, 0) is 32.9 Å². The number of benzene rings is 1. The summed E-state index contributed by atoms with van der Waals surface area (Å²) in [4.78, 5) is 20.6. The number of anilines is 1. The van der Waals surface area contributed by atoms with Gasteiger partial charge in [0.15, 0.2) is 5.65 Å².